The van der Waals surface area contributed by atoms with Crippen LogP contribution in [0.2, 0.25) is 0 Å². The van der Waals surface area contributed by atoms with Crippen LogP contribution in [0.15, 0.2) is 53.5 Å². The number of aliphatic imine (C=N–C) groups is 1. The summed E-state index contributed by atoms with van der Waals surface area (Å²) >= 11 is 0. The molecular weight excluding hydrogens is 404 g/mol. The molecule has 0 saturated heterocycles. The van der Waals surface area contributed by atoms with Gasteiger partial charge in [0.15, 0.2) is 5.96 Å². The number of rotatable bonds is 11. The summed E-state index contributed by atoms with van der Waals surface area (Å²) in [5.74, 6) is 2.30. The summed E-state index contributed by atoms with van der Waals surface area (Å²) in [5, 5.41) is 17.1. The van der Waals surface area contributed by atoms with Crippen LogP contribution in [0.5, 0.6) is 11.5 Å². The number of hydrogen-bond acceptors (Lipinski definition) is 5. The molecule has 2 rings (SSSR count). The minimum absolute atomic E-state index is 0.0556. The summed E-state index contributed by atoms with van der Waals surface area (Å²) in [6.45, 7) is 7.61. The summed E-state index contributed by atoms with van der Waals surface area (Å²) in [7, 11) is 5.75. The Labute approximate surface area is 192 Å². The number of likely N-dealkylation sites (N-methyl/N-ethyl adjacent to an activating group) is 1. The third kappa shape index (κ3) is 7.73. The van der Waals surface area contributed by atoms with Gasteiger partial charge in [0.1, 0.15) is 11.5 Å². The summed E-state index contributed by atoms with van der Waals surface area (Å²) < 4.78 is 11.2. The first-order chi connectivity index (χ1) is 15.3. The average Bonchev–Trinajstić information content (AvgIpc) is 2.77. The molecule has 2 atom stereocenters. The largest absolute Gasteiger partial charge is 0.496 e. The van der Waals surface area contributed by atoms with Crippen molar-refractivity contribution in [1.29, 1.82) is 0 Å². The SMILES string of the molecule is CCNC(=NCC(c1ccccc1OC)N(C)C)NCC(O)c1ccc(OC(C)C)cc1. The number of aliphatic hydroxyl groups excluding tert-OH is 1. The lowest BCUT2D eigenvalue weighted by molar-refractivity contribution is 0.180. The van der Waals surface area contributed by atoms with Gasteiger partial charge in [-0.1, -0.05) is 30.3 Å². The number of guanidine groups is 1. The third-order valence-electron chi connectivity index (χ3n) is 4.99. The van der Waals surface area contributed by atoms with E-state index in [1.807, 2.05) is 77.3 Å². The average molecular weight is 443 g/mol. The molecule has 0 amide bonds. The van der Waals surface area contributed by atoms with Crippen molar-refractivity contribution in [3.63, 3.8) is 0 Å². The van der Waals surface area contributed by atoms with Gasteiger partial charge in [-0.15, -0.1) is 0 Å². The van der Waals surface area contributed by atoms with Crippen LogP contribution < -0.4 is 20.1 Å². The zero-order chi connectivity index (χ0) is 23.5. The van der Waals surface area contributed by atoms with Crippen LogP contribution in [0.1, 0.15) is 44.0 Å². The molecule has 32 heavy (non-hydrogen) atoms. The van der Waals surface area contributed by atoms with Crippen molar-refractivity contribution >= 4 is 5.96 Å². The normalized spacial score (nSPS) is 13.7. The molecular formula is C25H38N4O3. The van der Waals surface area contributed by atoms with Crippen LogP contribution in [0.4, 0.5) is 0 Å². The van der Waals surface area contributed by atoms with E-state index < -0.39 is 6.10 Å². The van der Waals surface area contributed by atoms with Crippen LogP contribution in [-0.4, -0.2) is 62.9 Å². The molecule has 0 radical (unpaired) electrons. The lowest BCUT2D eigenvalue weighted by Gasteiger charge is -2.25. The van der Waals surface area contributed by atoms with Gasteiger partial charge < -0.3 is 30.1 Å². The van der Waals surface area contributed by atoms with Gasteiger partial charge in [0, 0.05) is 18.7 Å². The molecule has 0 saturated carbocycles. The second-order valence-corrected chi connectivity index (χ2v) is 8.07. The molecule has 0 fully saturated rings. The highest BCUT2D eigenvalue weighted by molar-refractivity contribution is 5.79. The van der Waals surface area contributed by atoms with Crippen LogP contribution in [0, 0.1) is 0 Å². The molecule has 0 aliphatic heterocycles. The summed E-state index contributed by atoms with van der Waals surface area (Å²) in [5.41, 5.74) is 1.91. The van der Waals surface area contributed by atoms with E-state index in [4.69, 9.17) is 14.5 Å². The fraction of sp³-hybridized carbons (Fsp3) is 0.480. The second kappa shape index (κ2) is 12.9. The zero-order valence-corrected chi connectivity index (χ0v) is 20.1. The predicted molar refractivity (Wildman–Crippen MR) is 131 cm³/mol. The van der Waals surface area contributed by atoms with E-state index in [0.29, 0.717) is 19.0 Å². The Hall–Kier alpha value is -2.77. The van der Waals surface area contributed by atoms with Crippen LogP contribution >= 0.6 is 0 Å². The number of aliphatic hydroxyl groups is 1. The van der Waals surface area contributed by atoms with E-state index in [-0.39, 0.29) is 12.1 Å². The first-order valence-corrected chi connectivity index (χ1v) is 11.1. The fourth-order valence-electron chi connectivity index (χ4n) is 3.35. The molecule has 0 spiro atoms. The number of benzene rings is 2. The smallest absolute Gasteiger partial charge is 0.191 e. The molecule has 0 bridgehead atoms. The van der Waals surface area contributed by atoms with E-state index in [1.165, 1.54) is 0 Å². The Morgan fingerprint density at radius 1 is 1.06 bits per heavy atom. The van der Waals surface area contributed by atoms with Crippen molar-refractivity contribution in [2.45, 2.75) is 39.0 Å². The monoisotopic (exact) mass is 442 g/mol. The molecule has 0 aliphatic carbocycles. The van der Waals surface area contributed by atoms with Crippen LogP contribution in [0.25, 0.3) is 0 Å². The Morgan fingerprint density at radius 2 is 1.75 bits per heavy atom. The van der Waals surface area contributed by atoms with E-state index >= 15 is 0 Å². The van der Waals surface area contributed by atoms with Gasteiger partial charge >= 0.3 is 0 Å². The summed E-state index contributed by atoms with van der Waals surface area (Å²) in [6.07, 6.45) is -0.543. The van der Waals surface area contributed by atoms with E-state index in [1.54, 1.807) is 7.11 Å². The van der Waals surface area contributed by atoms with Gasteiger partial charge in [-0.2, -0.15) is 0 Å². The van der Waals surface area contributed by atoms with Crippen molar-refractivity contribution in [3.8, 4) is 11.5 Å². The molecule has 7 heteroatoms. The van der Waals surface area contributed by atoms with Gasteiger partial charge in [0.2, 0.25) is 0 Å². The van der Waals surface area contributed by atoms with Gasteiger partial charge in [0.25, 0.3) is 0 Å². The van der Waals surface area contributed by atoms with Crippen LogP contribution in [0.3, 0.4) is 0 Å². The highest BCUT2D eigenvalue weighted by Gasteiger charge is 2.18. The van der Waals surface area contributed by atoms with E-state index in [0.717, 1.165) is 29.2 Å². The Balaban J connectivity index is 2.05. The van der Waals surface area contributed by atoms with Crippen molar-refractivity contribution in [2.75, 3.05) is 40.8 Å². The quantitative estimate of drug-likeness (QED) is 0.366. The van der Waals surface area contributed by atoms with Crippen LogP contribution in [-0.2, 0) is 0 Å². The summed E-state index contributed by atoms with van der Waals surface area (Å²) in [6, 6.07) is 15.6. The van der Waals surface area contributed by atoms with Crippen molar-refractivity contribution < 1.29 is 14.6 Å². The summed E-state index contributed by atoms with van der Waals surface area (Å²) in [4.78, 5) is 6.89. The maximum atomic E-state index is 10.6. The highest BCUT2D eigenvalue weighted by atomic mass is 16.5. The lowest BCUT2D eigenvalue weighted by atomic mass is 10.0. The number of methoxy groups -OCH3 is 1. The number of ether oxygens (including phenoxy) is 2. The van der Waals surface area contributed by atoms with Gasteiger partial charge in [-0.25, -0.2) is 0 Å². The van der Waals surface area contributed by atoms with Crippen molar-refractivity contribution in [2.24, 2.45) is 4.99 Å². The number of para-hydroxylation sites is 1. The zero-order valence-electron chi connectivity index (χ0n) is 20.1. The Kier molecular flexibility index (Phi) is 10.3. The molecule has 2 aromatic carbocycles. The maximum absolute atomic E-state index is 10.6. The predicted octanol–water partition coefficient (Wildman–Crippen LogP) is 3.37. The number of nitrogens with one attached hydrogen (secondary N) is 2. The Bertz CT molecular complexity index is 837. The van der Waals surface area contributed by atoms with Crippen molar-refractivity contribution in [1.82, 2.24) is 15.5 Å². The fourth-order valence-corrected chi connectivity index (χ4v) is 3.35. The lowest BCUT2D eigenvalue weighted by Crippen LogP contribution is -2.40. The third-order valence-corrected chi connectivity index (χ3v) is 4.99. The minimum Gasteiger partial charge on any atom is -0.496 e. The molecule has 176 valence electrons. The highest BCUT2D eigenvalue weighted by Crippen LogP contribution is 2.28. The first kappa shape index (κ1) is 25.5. The van der Waals surface area contributed by atoms with Gasteiger partial charge in [-0.05, 0) is 58.6 Å². The molecule has 3 N–H and O–H groups in total. The van der Waals surface area contributed by atoms with Gasteiger partial charge in [0.05, 0.1) is 31.9 Å². The minimum atomic E-state index is -0.661. The molecule has 2 unspecified atom stereocenters. The molecule has 2 aromatic rings. The van der Waals surface area contributed by atoms with Gasteiger partial charge in [-0.3, -0.25) is 4.99 Å². The molecule has 0 heterocycles. The topological polar surface area (TPSA) is 78.4 Å². The van der Waals surface area contributed by atoms with E-state index in [2.05, 4.69) is 21.6 Å². The Morgan fingerprint density at radius 3 is 2.34 bits per heavy atom. The van der Waals surface area contributed by atoms with Crippen molar-refractivity contribution in [3.05, 3.63) is 59.7 Å². The maximum Gasteiger partial charge on any atom is 0.191 e. The standard InChI is InChI=1S/C25H38N4O3/c1-7-26-25(27-16-22(29(4)5)21-10-8-9-11-24(21)31-6)28-17-23(30)19-12-14-20(15-13-19)32-18(2)3/h8-15,18,22-23,30H,7,16-17H2,1-6H3,(H2,26,27,28). The molecule has 0 aliphatic rings. The number of nitrogens with zero attached hydrogens (tertiary/aromatic N) is 2. The second-order valence-electron chi connectivity index (χ2n) is 8.07. The molecule has 7 nitrogen and oxygen atoms in total. The van der Waals surface area contributed by atoms with E-state index in [9.17, 15) is 5.11 Å². The first-order valence-electron chi connectivity index (χ1n) is 11.1. The number of hydrogen-bond donors (Lipinski definition) is 3. The molecule has 0 aromatic heterocycles.